The summed E-state index contributed by atoms with van der Waals surface area (Å²) in [6.07, 6.45) is 1.91. The zero-order valence-electron chi connectivity index (χ0n) is 11.9. The van der Waals surface area contributed by atoms with Crippen LogP contribution in [0.4, 0.5) is 4.79 Å². The smallest absolute Gasteiger partial charge is 0.410 e. The lowest BCUT2D eigenvalue weighted by atomic mass is 10.1. The molecular weight excluding hydrogens is 276 g/mol. The van der Waals surface area contributed by atoms with Crippen LogP contribution in [0.25, 0.3) is 0 Å². The van der Waals surface area contributed by atoms with Crippen LogP contribution >= 0.6 is 12.4 Å². The number of amides is 1. The van der Waals surface area contributed by atoms with Gasteiger partial charge in [-0.1, -0.05) is 43.7 Å². The van der Waals surface area contributed by atoms with E-state index in [1.54, 1.807) is 0 Å². The molecule has 0 aliphatic carbocycles. The molecule has 1 atom stereocenters. The number of hydrogen-bond acceptors (Lipinski definition) is 3. The van der Waals surface area contributed by atoms with Crippen LogP contribution in [-0.2, 0) is 11.3 Å². The summed E-state index contributed by atoms with van der Waals surface area (Å²) in [5.41, 5.74) is 1.03. The number of hydrogen-bond donors (Lipinski definition) is 1. The molecule has 1 saturated heterocycles. The van der Waals surface area contributed by atoms with E-state index in [0.717, 1.165) is 38.0 Å². The molecule has 4 nitrogen and oxygen atoms in total. The average molecular weight is 299 g/mol. The maximum absolute atomic E-state index is 12.1. The monoisotopic (exact) mass is 298 g/mol. The largest absolute Gasteiger partial charge is 0.445 e. The average Bonchev–Trinajstić information content (AvgIpc) is 2.47. The Balaban J connectivity index is 0.00000200. The maximum Gasteiger partial charge on any atom is 0.410 e. The third kappa shape index (κ3) is 4.69. The van der Waals surface area contributed by atoms with Gasteiger partial charge in [-0.05, 0) is 12.0 Å². The summed E-state index contributed by atoms with van der Waals surface area (Å²) < 4.78 is 5.40. The van der Waals surface area contributed by atoms with Crippen LogP contribution in [0.2, 0.25) is 0 Å². The molecule has 1 amide bonds. The van der Waals surface area contributed by atoms with Crippen molar-refractivity contribution < 1.29 is 9.53 Å². The van der Waals surface area contributed by atoms with Crippen LogP contribution < -0.4 is 5.32 Å². The van der Waals surface area contributed by atoms with Gasteiger partial charge in [-0.15, -0.1) is 12.4 Å². The van der Waals surface area contributed by atoms with Crippen molar-refractivity contribution in [3.8, 4) is 0 Å². The van der Waals surface area contributed by atoms with Crippen molar-refractivity contribution >= 4 is 18.5 Å². The minimum atomic E-state index is -0.191. The first-order chi connectivity index (χ1) is 9.31. The summed E-state index contributed by atoms with van der Waals surface area (Å²) in [6, 6.07) is 10.1. The molecule has 1 fully saturated rings. The topological polar surface area (TPSA) is 41.6 Å². The molecule has 0 unspecified atom stereocenters. The van der Waals surface area contributed by atoms with Crippen molar-refractivity contribution in [2.75, 3.05) is 19.6 Å². The lowest BCUT2D eigenvalue weighted by Crippen LogP contribution is -2.53. The van der Waals surface area contributed by atoms with Gasteiger partial charge in [0, 0.05) is 25.7 Å². The molecule has 2 rings (SSSR count). The number of ether oxygens (including phenoxy) is 1. The molecule has 112 valence electrons. The molecule has 1 aromatic carbocycles. The second-order valence-corrected chi connectivity index (χ2v) is 4.88. The molecule has 5 heteroatoms. The third-order valence-corrected chi connectivity index (χ3v) is 3.41. The first-order valence-electron chi connectivity index (χ1n) is 6.99. The highest BCUT2D eigenvalue weighted by Gasteiger charge is 2.26. The Kier molecular flexibility index (Phi) is 7.41. The first kappa shape index (κ1) is 16.8. The van der Waals surface area contributed by atoms with Gasteiger partial charge in [0.25, 0.3) is 0 Å². The molecule has 1 heterocycles. The Labute approximate surface area is 126 Å². The van der Waals surface area contributed by atoms with Crippen LogP contribution in [0.15, 0.2) is 30.3 Å². The third-order valence-electron chi connectivity index (χ3n) is 3.41. The number of piperazine rings is 1. The highest BCUT2D eigenvalue weighted by atomic mass is 35.5. The maximum atomic E-state index is 12.1. The molecule has 1 aliphatic heterocycles. The van der Waals surface area contributed by atoms with Crippen molar-refractivity contribution in [3.05, 3.63) is 35.9 Å². The number of nitrogens with one attached hydrogen (secondary N) is 1. The summed E-state index contributed by atoms with van der Waals surface area (Å²) >= 11 is 0. The number of carbonyl (C=O) groups is 1. The summed E-state index contributed by atoms with van der Waals surface area (Å²) in [6.45, 7) is 4.94. The molecule has 0 aromatic heterocycles. The van der Waals surface area contributed by atoms with Gasteiger partial charge in [0.15, 0.2) is 0 Å². The molecule has 0 radical (unpaired) electrons. The van der Waals surface area contributed by atoms with E-state index in [1.807, 2.05) is 35.2 Å². The van der Waals surface area contributed by atoms with Gasteiger partial charge >= 0.3 is 6.09 Å². The zero-order chi connectivity index (χ0) is 13.5. The van der Waals surface area contributed by atoms with E-state index in [1.165, 1.54) is 0 Å². The van der Waals surface area contributed by atoms with Crippen LogP contribution in [-0.4, -0.2) is 36.7 Å². The van der Waals surface area contributed by atoms with Crippen LogP contribution in [0.5, 0.6) is 0 Å². The second-order valence-electron chi connectivity index (χ2n) is 4.88. The number of carbonyl (C=O) groups excluding carboxylic acids is 1. The lowest BCUT2D eigenvalue weighted by Gasteiger charge is -2.35. The summed E-state index contributed by atoms with van der Waals surface area (Å²) in [4.78, 5) is 14.0. The van der Waals surface area contributed by atoms with E-state index in [-0.39, 0.29) is 24.5 Å². The molecule has 20 heavy (non-hydrogen) atoms. The fraction of sp³-hybridized carbons (Fsp3) is 0.533. The molecule has 1 N–H and O–H groups in total. The van der Waals surface area contributed by atoms with Gasteiger partial charge in [0.05, 0.1) is 0 Å². The van der Waals surface area contributed by atoms with Crippen LogP contribution in [0, 0.1) is 0 Å². The van der Waals surface area contributed by atoms with Crippen molar-refractivity contribution in [3.63, 3.8) is 0 Å². The highest BCUT2D eigenvalue weighted by molar-refractivity contribution is 5.85. The van der Waals surface area contributed by atoms with Crippen LogP contribution in [0.3, 0.4) is 0 Å². The van der Waals surface area contributed by atoms with E-state index in [2.05, 4.69) is 12.2 Å². The Morgan fingerprint density at radius 1 is 1.40 bits per heavy atom. The Hall–Kier alpha value is -1.26. The van der Waals surface area contributed by atoms with E-state index in [9.17, 15) is 4.79 Å². The molecule has 0 bridgehead atoms. The predicted molar refractivity (Wildman–Crippen MR) is 82.1 cm³/mol. The molecule has 0 saturated carbocycles. The van der Waals surface area contributed by atoms with Gasteiger partial charge in [0.2, 0.25) is 0 Å². The van der Waals surface area contributed by atoms with Gasteiger partial charge in [0.1, 0.15) is 6.61 Å². The lowest BCUT2D eigenvalue weighted by molar-refractivity contribution is 0.0701. The summed E-state index contributed by atoms with van der Waals surface area (Å²) in [5, 5.41) is 3.33. The number of rotatable bonds is 4. The van der Waals surface area contributed by atoms with Gasteiger partial charge < -0.3 is 15.0 Å². The fourth-order valence-corrected chi connectivity index (χ4v) is 2.39. The minimum absolute atomic E-state index is 0. The first-order valence-corrected chi connectivity index (χ1v) is 6.99. The SMILES string of the molecule is CCC[C@@H]1CNCCN1C(=O)OCc1ccccc1.Cl. The van der Waals surface area contributed by atoms with E-state index in [0.29, 0.717) is 6.61 Å². The van der Waals surface area contributed by atoms with Crippen molar-refractivity contribution in [1.29, 1.82) is 0 Å². The number of halogens is 1. The summed E-state index contributed by atoms with van der Waals surface area (Å²) in [7, 11) is 0. The van der Waals surface area contributed by atoms with Crippen molar-refractivity contribution in [1.82, 2.24) is 10.2 Å². The normalized spacial score (nSPS) is 18.2. The van der Waals surface area contributed by atoms with Crippen LogP contribution in [0.1, 0.15) is 25.3 Å². The minimum Gasteiger partial charge on any atom is -0.445 e. The second kappa shape index (κ2) is 8.82. The van der Waals surface area contributed by atoms with Gasteiger partial charge in [-0.3, -0.25) is 0 Å². The van der Waals surface area contributed by atoms with E-state index < -0.39 is 0 Å². The molecular formula is C15H23ClN2O2. The van der Waals surface area contributed by atoms with E-state index >= 15 is 0 Å². The highest BCUT2D eigenvalue weighted by Crippen LogP contribution is 2.12. The van der Waals surface area contributed by atoms with Gasteiger partial charge in [-0.25, -0.2) is 4.79 Å². The van der Waals surface area contributed by atoms with Gasteiger partial charge in [-0.2, -0.15) is 0 Å². The summed E-state index contributed by atoms with van der Waals surface area (Å²) in [5.74, 6) is 0. The van der Waals surface area contributed by atoms with Crippen molar-refractivity contribution in [2.45, 2.75) is 32.4 Å². The Morgan fingerprint density at radius 3 is 2.85 bits per heavy atom. The molecule has 1 aromatic rings. The Bertz CT molecular complexity index is 398. The number of nitrogens with zero attached hydrogens (tertiary/aromatic N) is 1. The molecule has 1 aliphatic rings. The zero-order valence-corrected chi connectivity index (χ0v) is 12.7. The predicted octanol–water partition coefficient (Wildman–Crippen LogP) is 2.82. The molecule has 0 spiro atoms. The van der Waals surface area contributed by atoms with E-state index in [4.69, 9.17) is 4.74 Å². The quantitative estimate of drug-likeness (QED) is 0.929. The standard InChI is InChI=1S/C15H22N2O2.ClH/c1-2-6-14-11-16-9-10-17(14)15(18)19-12-13-7-4-3-5-8-13;/h3-5,7-8,14,16H,2,6,9-12H2,1H3;1H/t14-;/m1./s1. The Morgan fingerprint density at radius 2 is 2.15 bits per heavy atom. The number of benzene rings is 1. The fourth-order valence-electron chi connectivity index (χ4n) is 2.39. The van der Waals surface area contributed by atoms with Crippen molar-refractivity contribution in [2.24, 2.45) is 0 Å².